The molecule has 1 aliphatic rings. The Morgan fingerprint density at radius 1 is 1.47 bits per heavy atom. The first-order valence-corrected chi connectivity index (χ1v) is 5.84. The van der Waals surface area contributed by atoms with Crippen LogP contribution in [0.1, 0.15) is 16.8 Å². The molecule has 0 spiro atoms. The molecule has 2 N–H and O–H groups in total. The van der Waals surface area contributed by atoms with Gasteiger partial charge in [-0.3, -0.25) is 9.69 Å². The van der Waals surface area contributed by atoms with Gasteiger partial charge in [0, 0.05) is 24.7 Å². The second kappa shape index (κ2) is 5.29. The van der Waals surface area contributed by atoms with Crippen LogP contribution in [0, 0.1) is 0 Å². The van der Waals surface area contributed by atoms with Crippen LogP contribution >= 0.6 is 0 Å². The van der Waals surface area contributed by atoms with Gasteiger partial charge in [0.05, 0.1) is 13.7 Å². The molecule has 1 fully saturated rings. The lowest BCUT2D eigenvalue weighted by atomic mass is 10.1. The van der Waals surface area contributed by atoms with Crippen molar-refractivity contribution in [2.75, 3.05) is 26.7 Å². The Labute approximate surface area is 101 Å². The first-order chi connectivity index (χ1) is 8.19. The number of hydrogen-bond acceptors (Lipinski definition) is 4. The van der Waals surface area contributed by atoms with Crippen molar-refractivity contribution in [1.29, 1.82) is 0 Å². The highest BCUT2D eigenvalue weighted by Gasteiger charge is 2.21. The molecule has 1 aliphatic heterocycles. The third-order valence-corrected chi connectivity index (χ3v) is 3.09. The van der Waals surface area contributed by atoms with Crippen molar-refractivity contribution in [3.05, 3.63) is 29.8 Å². The average Bonchev–Trinajstić information content (AvgIpc) is 2.75. The summed E-state index contributed by atoms with van der Waals surface area (Å²) < 4.78 is 5.06. The van der Waals surface area contributed by atoms with Crippen LogP contribution in [-0.2, 0) is 0 Å². The van der Waals surface area contributed by atoms with Gasteiger partial charge in [-0.2, -0.15) is 0 Å². The summed E-state index contributed by atoms with van der Waals surface area (Å²) in [6, 6.07) is 7.44. The number of ketones is 1. The maximum Gasteiger partial charge on any atom is 0.176 e. The van der Waals surface area contributed by atoms with E-state index >= 15 is 0 Å². The molecule has 17 heavy (non-hydrogen) atoms. The Morgan fingerprint density at radius 2 is 2.18 bits per heavy atom. The quantitative estimate of drug-likeness (QED) is 0.787. The van der Waals surface area contributed by atoms with Crippen molar-refractivity contribution in [2.24, 2.45) is 5.73 Å². The molecule has 1 saturated heterocycles. The monoisotopic (exact) mass is 234 g/mol. The van der Waals surface area contributed by atoms with E-state index in [-0.39, 0.29) is 11.8 Å². The van der Waals surface area contributed by atoms with E-state index in [0.29, 0.717) is 6.54 Å². The fourth-order valence-electron chi connectivity index (χ4n) is 2.08. The molecule has 1 atom stereocenters. The molecular formula is C13H18N2O2. The van der Waals surface area contributed by atoms with Gasteiger partial charge < -0.3 is 10.5 Å². The fraction of sp³-hybridized carbons (Fsp3) is 0.462. The minimum Gasteiger partial charge on any atom is -0.497 e. The van der Waals surface area contributed by atoms with Crippen LogP contribution in [-0.4, -0.2) is 43.5 Å². The number of carbonyl (C=O) groups excluding carboxylic acids is 1. The van der Waals surface area contributed by atoms with Gasteiger partial charge >= 0.3 is 0 Å². The number of ether oxygens (including phenoxy) is 1. The smallest absolute Gasteiger partial charge is 0.176 e. The summed E-state index contributed by atoms with van der Waals surface area (Å²) in [7, 11) is 1.61. The lowest BCUT2D eigenvalue weighted by molar-refractivity contribution is 0.0945. The van der Waals surface area contributed by atoms with Gasteiger partial charge in [-0.15, -0.1) is 0 Å². The van der Waals surface area contributed by atoms with Crippen molar-refractivity contribution in [1.82, 2.24) is 4.90 Å². The molecule has 0 aromatic heterocycles. The molecule has 1 aromatic rings. The van der Waals surface area contributed by atoms with E-state index in [9.17, 15) is 4.79 Å². The number of likely N-dealkylation sites (tertiary alicyclic amines) is 1. The van der Waals surface area contributed by atoms with Gasteiger partial charge in [0.2, 0.25) is 0 Å². The molecule has 4 heteroatoms. The van der Waals surface area contributed by atoms with Gasteiger partial charge in [0.15, 0.2) is 5.78 Å². The molecule has 0 aliphatic carbocycles. The van der Waals surface area contributed by atoms with Crippen LogP contribution in [0.3, 0.4) is 0 Å². The Bertz CT molecular complexity index is 389. The molecule has 1 aromatic carbocycles. The molecule has 0 saturated carbocycles. The summed E-state index contributed by atoms with van der Waals surface area (Å²) in [5.74, 6) is 0.909. The van der Waals surface area contributed by atoms with Crippen LogP contribution < -0.4 is 10.5 Å². The third-order valence-electron chi connectivity index (χ3n) is 3.09. The fourth-order valence-corrected chi connectivity index (χ4v) is 2.08. The Hall–Kier alpha value is -1.39. The van der Waals surface area contributed by atoms with Crippen molar-refractivity contribution in [2.45, 2.75) is 12.5 Å². The number of methoxy groups -OCH3 is 1. The van der Waals surface area contributed by atoms with Gasteiger partial charge in [0.25, 0.3) is 0 Å². The summed E-state index contributed by atoms with van der Waals surface area (Å²) >= 11 is 0. The second-order valence-electron chi connectivity index (χ2n) is 4.44. The van der Waals surface area contributed by atoms with Gasteiger partial charge in [-0.05, 0) is 30.7 Å². The molecular weight excluding hydrogens is 216 g/mol. The zero-order valence-corrected chi connectivity index (χ0v) is 10.1. The largest absolute Gasteiger partial charge is 0.497 e. The van der Waals surface area contributed by atoms with Crippen LogP contribution in [0.4, 0.5) is 0 Å². The van der Waals surface area contributed by atoms with Crippen LogP contribution in [0.2, 0.25) is 0 Å². The Morgan fingerprint density at radius 3 is 2.71 bits per heavy atom. The first kappa shape index (κ1) is 12.1. The van der Waals surface area contributed by atoms with E-state index < -0.39 is 0 Å². The highest BCUT2D eigenvalue weighted by Crippen LogP contribution is 2.13. The second-order valence-corrected chi connectivity index (χ2v) is 4.44. The highest BCUT2D eigenvalue weighted by molar-refractivity contribution is 5.97. The van der Waals surface area contributed by atoms with Crippen molar-refractivity contribution < 1.29 is 9.53 Å². The summed E-state index contributed by atoms with van der Waals surface area (Å²) in [6.45, 7) is 2.20. The molecule has 1 heterocycles. The number of nitrogens with zero attached hydrogens (tertiary/aromatic N) is 1. The van der Waals surface area contributed by atoms with Gasteiger partial charge in [0.1, 0.15) is 5.75 Å². The van der Waals surface area contributed by atoms with Crippen molar-refractivity contribution in [3.8, 4) is 5.75 Å². The van der Waals surface area contributed by atoms with E-state index in [0.717, 1.165) is 30.8 Å². The molecule has 0 amide bonds. The highest BCUT2D eigenvalue weighted by atomic mass is 16.5. The van der Waals surface area contributed by atoms with Crippen molar-refractivity contribution in [3.63, 3.8) is 0 Å². The zero-order chi connectivity index (χ0) is 12.3. The standard InChI is InChI=1S/C13H18N2O2/c1-17-12-4-2-10(3-5-12)13(16)9-15-7-6-11(14)8-15/h2-5,11H,6-9,14H2,1H3/t11-/m1/s1. The van der Waals surface area contributed by atoms with E-state index in [1.165, 1.54) is 0 Å². The first-order valence-electron chi connectivity index (χ1n) is 5.84. The molecule has 92 valence electrons. The van der Waals surface area contributed by atoms with E-state index in [4.69, 9.17) is 10.5 Å². The van der Waals surface area contributed by atoms with Gasteiger partial charge in [-0.25, -0.2) is 0 Å². The summed E-state index contributed by atoms with van der Waals surface area (Å²) in [4.78, 5) is 14.1. The normalized spacial score (nSPS) is 20.5. The minimum atomic E-state index is 0.141. The maximum atomic E-state index is 12.0. The molecule has 0 unspecified atom stereocenters. The third kappa shape index (κ3) is 3.05. The SMILES string of the molecule is COc1ccc(C(=O)CN2CC[C@@H](N)C2)cc1. The maximum absolute atomic E-state index is 12.0. The number of nitrogens with two attached hydrogens (primary N) is 1. The lowest BCUT2D eigenvalue weighted by Crippen LogP contribution is -2.31. The zero-order valence-electron chi connectivity index (χ0n) is 10.1. The minimum absolute atomic E-state index is 0.141. The predicted molar refractivity (Wildman–Crippen MR) is 66.4 cm³/mol. The lowest BCUT2D eigenvalue weighted by Gasteiger charge is -2.13. The Balaban J connectivity index is 1.94. The van der Waals surface area contributed by atoms with E-state index in [1.807, 2.05) is 12.1 Å². The number of Topliss-reactive ketones (excluding diaryl/α,β-unsaturated/α-hetero) is 1. The van der Waals surface area contributed by atoms with Crippen molar-refractivity contribution >= 4 is 5.78 Å². The molecule has 4 nitrogen and oxygen atoms in total. The average molecular weight is 234 g/mol. The number of benzene rings is 1. The van der Waals surface area contributed by atoms with E-state index in [2.05, 4.69) is 4.90 Å². The summed E-state index contributed by atoms with van der Waals surface area (Å²) in [6.07, 6.45) is 0.982. The molecule has 2 rings (SSSR count). The predicted octanol–water partition coefficient (Wildman–Crippen LogP) is 0.911. The molecule has 0 radical (unpaired) electrons. The summed E-state index contributed by atoms with van der Waals surface area (Å²) in [5, 5.41) is 0. The van der Waals surface area contributed by atoms with Gasteiger partial charge in [-0.1, -0.05) is 0 Å². The van der Waals surface area contributed by atoms with Crippen LogP contribution in [0.15, 0.2) is 24.3 Å². The number of rotatable bonds is 4. The topological polar surface area (TPSA) is 55.6 Å². The Kier molecular flexibility index (Phi) is 3.76. The number of hydrogen-bond donors (Lipinski definition) is 1. The number of carbonyl (C=O) groups is 1. The van der Waals surface area contributed by atoms with Crippen LogP contribution in [0.5, 0.6) is 5.75 Å². The van der Waals surface area contributed by atoms with E-state index in [1.54, 1.807) is 19.2 Å². The molecule has 0 bridgehead atoms. The summed E-state index contributed by atoms with van der Waals surface area (Å²) in [5.41, 5.74) is 6.54. The van der Waals surface area contributed by atoms with Crippen LogP contribution in [0.25, 0.3) is 0 Å².